The average molecular weight is 397 g/mol. The van der Waals surface area contributed by atoms with Crippen molar-refractivity contribution in [3.63, 3.8) is 0 Å². The van der Waals surface area contributed by atoms with Gasteiger partial charge in [0.25, 0.3) is 0 Å². The molecule has 3 rings (SSSR count). The Balaban J connectivity index is 2.15. The highest BCUT2D eigenvalue weighted by Gasteiger charge is 2.32. The van der Waals surface area contributed by atoms with Crippen LogP contribution in [-0.2, 0) is 4.79 Å². The lowest BCUT2D eigenvalue weighted by atomic mass is 9.93. The van der Waals surface area contributed by atoms with Gasteiger partial charge in [0.05, 0.1) is 6.61 Å². The number of phenolic OH excluding ortho intramolecular Hbond substituents is 1. The molecule has 0 saturated heterocycles. The van der Waals surface area contributed by atoms with Crippen molar-refractivity contribution < 1.29 is 14.6 Å². The first kappa shape index (κ1) is 20.0. The number of amidine groups is 1. The van der Waals surface area contributed by atoms with E-state index in [1.807, 2.05) is 55.3 Å². The number of rotatable bonds is 5. The standard InChI is InChI=1S/C22H24N2O3S/c1-5-27-19-13-16(11-12-18(19)26)21-20(15(3)25)14(2)24(22(23-21)28-4)17-9-7-6-8-10-17/h6-13,21,26H,5H2,1-4H3/t21-/m0/s1. The van der Waals surface area contributed by atoms with Crippen molar-refractivity contribution in [1.29, 1.82) is 0 Å². The molecule has 0 aromatic heterocycles. The Bertz CT molecular complexity index is 938. The van der Waals surface area contributed by atoms with Crippen molar-refractivity contribution in [2.45, 2.75) is 26.8 Å². The number of carbonyl (C=O) groups is 1. The zero-order valence-electron chi connectivity index (χ0n) is 16.5. The van der Waals surface area contributed by atoms with Gasteiger partial charge in [0.1, 0.15) is 6.04 Å². The van der Waals surface area contributed by atoms with Gasteiger partial charge in [-0.2, -0.15) is 0 Å². The highest BCUT2D eigenvalue weighted by Crippen LogP contribution is 2.40. The van der Waals surface area contributed by atoms with E-state index in [4.69, 9.17) is 9.73 Å². The number of aromatic hydroxyl groups is 1. The maximum atomic E-state index is 12.6. The van der Waals surface area contributed by atoms with Crippen LogP contribution in [0.4, 0.5) is 5.69 Å². The van der Waals surface area contributed by atoms with Crippen molar-refractivity contribution in [1.82, 2.24) is 0 Å². The molecule has 1 aliphatic rings. The number of aliphatic imine (C=N–C) groups is 1. The number of ketones is 1. The summed E-state index contributed by atoms with van der Waals surface area (Å²) in [4.78, 5) is 19.5. The Kier molecular flexibility index (Phi) is 6.09. The molecule has 0 unspecified atom stereocenters. The first-order valence-electron chi connectivity index (χ1n) is 9.12. The van der Waals surface area contributed by atoms with Crippen LogP contribution in [0.2, 0.25) is 0 Å². The van der Waals surface area contributed by atoms with E-state index in [1.165, 1.54) is 11.8 Å². The van der Waals surface area contributed by atoms with Gasteiger partial charge in [-0.15, -0.1) is 0 Å². The van der Waals surface area contributed by atoms with E-state index < -0.39 is 6.04 Å². The summed E-state index contributed by atoms with van der Waals surface area (Å²) < 4.78 is 5.52. The fraction of sp³-hybridized carbons (Fsp3) is 0.273. The first-order chi connectivity index (χ1) is 13.5. The number of benzene rings is 2. The van der Waals surface area contributed by atoms with Gasteiger partial charge in [0.15, 0.2) is 22.4 Å². The number of carbonyl (C=O) groups excluding carboxylic acids is 1. The second-order valence-corrected chi connectivity index (χ2v) is 7.18. The fourth-order valence-electron chi connectivity index (χ4n) is 3.38. The molecule has 0 spiro atoms. The Labute approximate surface area is 169 Å². The molecule has 0 aliphatic carbocycles. The SMILES string of the molecule is CCOc1cc([C@@H]2N=C(SC)N(c3ccccc3)C(C)=C2C(C)=O)ccc1O. The number of Topliss-reactive ketones (excluding diaryl/α,β-unsaturated/α-hetero) is 1. The zero-order chi connectivity index (χ0) is 20.3. The molecule has 2 aromatic carbocycles. The summed E-state index contributed by atoms with van der Waals surface area (Å²) in [6, 6.07) is 14.6. The summed E-state index contributed by atoms with van der Waals surface area (Å²) >= 11 is 1.53. The molecule has 5 nitrogen and oxygen atoms in total. The number of allylic oxidation sites excluding steroid dienone is 1. The summed E-state index contributed by atoms with van der Waals surface area (Å²) in [6.07, 6.45) is 1.97. The molecule has 0 radical (unpaired) electrons. The number of thioether (sulfide) groups is 1. The van der Waals surface area contributed by atoms with Crippen LogP contribution in [-0.4, -0.2) is 28.9 Å². The molecule has 1 aliphatic heterocycles. The lowest BCUT2D eigenvalue weighted by Crippen LogP contribution is -2.34. The van der Waals surface area contributed by atoms with Crippen LogP contribution in [0.25, 0.3) is 0 Å². The lowest BCUT2D eigenvalue weighted by Gasteiger charge is -2.34. The van der Waals surface area contributed by atoms with Gasteiger partial charge < -0.3 is 9.84 Å². The van der Waals surface area contributed by atoms with Gasteiger partial charge in [-0.25, -0.2) is 4.99 Å². The average Bonchev–Trinajstić information content (AvgIpc) is 2.69. The third-order valence-corrected chi connectivity index (χ3v) is 5.26. The van der Waals surface area contributed by atoms with Crippen LogP contribution in [0.1, 0.15) is 32.4 Å². The van der Waals surface area contributed by atoms with Crippen LogP contribution in [0.3, 0.4) is 0 Å². The van der Waals surface area contributed by atoms with Crippen LogP contribution in [0.5, 0.6) is 11.5 Å². The topological polar surface area (TPSA) is 62.1 Å². The summed E-state index contributed by atoms with van der Waals surface area (Å²) in [6.45, 7) is 5.82. The van der Waals surface area contributed by atoms with Gasteiger partial charge >= 0.3 is 0 Å². The van der Waals surface area contributed by atoms with E-state index in [0.29, 0.717) is 17.9 Å². The summed E-state index contributed by atoms with van der Waals surface area (Å²) in [7, 11) is 0. The van der Waals surface area contributed by atoms with Crippen LogP contribution in [0.15, 0.2) is 64.8 Å². The Hall–Kier alpha value is -2.73. The molecule has 1 N–H and O–H groups in total. The maximum Gasteiger partial charge on any atom is 0.168 e. The molecule has 146 valence electrons. The third-order valence-electron chi connectivity index (χ3n) is 4.61. The Morgan fingerprint density at radius 2 is 1.96 bits per heavy atom. The summed E-state index contributed by atoms with van der Waals surface area (Å²) in [5, 5.41) is 10.8. The monoisotopic (exact) mass is 396 g/mol. The number of para-hydroxylation sites is 1. The molecule has 0 amide bonds. The molecule has 28 heavy (non-hydrogen) atoms. The smallest absolute Gasteiger partial charge is 0.168 e. The molecule has 6 heteroatoms. The molecule has 0 bridgehead atoms. The molecule has 1 atom stereocenters. The van der Waals surface area contributed by atoms with Gasteiger partial charge in [0.2, 0.25) is 0 Å². The Morgan fingerprint density at radius 1 is 1.25 bits per heavy atom. The van der Waals surface area contributed by atoms with Gasteiger partial charge in [-0.1, -0.05) is 36.0 Å². The summed E-state index contributed by atoms with van der Waals surface area (Å²) in [5.74, 6) is 0.441. The first-order valence-corrected chi connectivity index (χ1v) is 10.3. The predicted octanol–water partition coefficient (Wildman–Crippen LogP) is 4.93. The van der Waals surface area contributed by atoms with E-state index >= 15 is 0 Å². The van der Waals surface area contributed by atoms with E-state index in [2.05, 4.69) is 0 Å². The van der Waals surface area contributed by atoms with E-state index in [9.17, 15) is 9.90 Å². The van der Waals surface area contributed by atoms with E-state index in [-0.39, 0.29) is 11.5 Å². The third kappa shape index (κ3) is 3.78. The number of ether oxygens (including phenoxy) is 1. The largest absolute Gasteiger partial charge is 0.504 e. The predicted molar refractivity (Wildman–Crippen MR) is 115 cm³/mol. The van der Waals surface area contributed by atoms with Crippen molar-refractivity contribution in [2.75, 3.05) is 17.8 Å². The molecule has 0 saturated carbocycles. The number of nitrogens with zero attached hydrogens (tertiary/aromatic N) is 2. The minimum absolute atomic E-state index is 0.0293. The highest BCUT2D eigenvalue weighted by molar-refractivity contribution is 8.13. The number of phenols is 1. The lowest BCUT2D eigenvalue weighted by molar-refractivity contribution is -0.113. The second kappa shape index (κ2) is 8.52. The van der Waals surface area contributed by atoms with Crippen LogP contribution in [0, 0.1) is 0 Å². The molecule has 2 aromatic rings. The van der Waals surface area contributed by atoms with Crippen molar-refractivity contribution >= 4 is 28.4 Å². The van der Waals surface area contributed by atoms with Crippen LogP contribution >= 0.6 is 11.8 Å². The van der Waals surface area contributed by atoms with Gasteiger partial charge in [-0.05, 0) is 56.9 Å². The molecule has 0 fully saturated rings. The van der Waals surface area contributed by atoms with Crippen molar-refractivity contribution in [2.24, 2.45) is 4.99 Å². The number of anilines is 1. The van der Waals surface area contributed by atoms with Gasteiger partial charge in [0, 0.05) is 17.0 Å². The van der Waals surface area contributed by atoms with Crippen LogP contribution < -0.4 is 9.64 Å². The highest BCUT2D eigenvalue weighted by atomic mass is 32.2. The van der Waals surface area contributed by atoms with Crippen molar-refractivity contribution in [3.8, 4) is 11.5 Å². The minimum Gasteiger partial charge on any atom is -0.504 e. The molecular weight excluding hydrogens is 372 g/mol. The van der Waals surface area contributed by atoms with Gasteiger partial charge in [-0.3, -0.25) is 9.69 Å². The van der Waals surface area contributed by atoms with E-state index in [1.54, 1.807) is 25.1 Å². The van der Waals surface area contributed by atoms with Crippen molar-refractivity contribution in [3.05, 3.63) is 65.4 Å². The number of hydrogen-bond acceptors (Lipinski definition) is 6. The Morgan fingerprint density at radius 3 is 2.57 bits per heavy atom. The normalized spacial score (nSPS) is 16.8. The quantitative estimate of drug-likeness (QED) is 0.776. The minimum atomic E-state index is -0.445. The van der Waals surface area contributed by atoms with E-state index in [0.717, 1.165) is 22.1 Å². The maximum absolute atomic E-state index is 12.6. The molecule has 1 heterocycles. The zero-order valence-corrected chi connectivity index (χ0v) is 17.3. The second-order valence-electron chi connectivity index (χ2n) is 6.40. The summed E-state index contributed by atoms with van der Waals surface area (Å²) in [5.41, 5.74) is 3.26. The fourth-order valence-corrected chi connectivity index (χ4v) is 4.02. The number of hydrogen-bond donors (Lipinski definition) is 1. The molecular formula is C22H24N2O3S.